The van der Waals surface area contributed by atoms with E-state index in [9.17, 15) is 31.0 Å². The molecule has 33 heavy (non-hydrogen) atoms. The summed E-state index contributed by atoms with van der Waals surface area (Å²) in [6.45, 7) is 1.74. The van der Waals surface area contributed by atoms with E-state index >= 15 is 0 Å². The quantitative estimate of drug-likeness (QED) is 0.458. The Labute approximate surface area is 185 Å². The van der Waals surface area contributed by atoms with E-state index in [1.807, 2.05) is 4.72 Å². The first-order valence-electron chi connectivity index (χ1n) is 8.96. The summed E-state index contributed by atoms with van der Waals surface area (Å²) in [7, 11) is -7.77. The maximum atomic E-state index is 13.1. The van der Waals surface area contributed by atoms with Gasteiger partial charge in [-0.05, 0) is 36.8 Å². The average molecular weight is 504 g/mol. The van der Waals surface area contributed by atoms with Crippen LogP contribution < -0.4 is 14.0 Å². The van der Waals surface area contributed by atoms with E-state index in [0.717, 1.165) is 17.7 Å². The van der Waals surface area contributed by atoms with E-state index < -0.39 is 52.0 Å². The van der Waals surface area contributed by atoms with Gasteiger partial charge in [0.2, 0.25) is 5.09 Å². The fourth-order valence-electron chi connectivity index (χ4n) is 2.86. The van der Waals surface area contributed by atoms with Crippen molar-refractivity contribution < 1.29 is 44.7 Å². The Bertz CT molecular complexity index is 1410. The van der Waals surface area contributed by atoms with Crippen LogP contribution in [0.3, 0.4) is 0 Å². The van der Waals surface area contributed by atoms with Gasteiger partial charge in [0.15, 0.2) is 0 Å². The number of nitrogens with zero attached hydrogens (tertiary/aromatic N) is 1. The number of rotatable bonds is 7. The summed E-state index contributed by atoms with van der Waals surface area (Å²) in [5, 5.41) is 8.68. The lowest BCUT2D eigenvalue weighted by Gasteiger charge is -2.16. The minimum Gasteiger partial charge on any atom is -0.496 e. The van der Waals surface area contributed by atoms with Crippen LogP contribution in [0.1, 0.15) is 16.7 Å². The molecule has 3 rings (SSSR count). The van der Waals surface area contributed by atoms with Crippen LogP contribution in [0.15, 0.2) is 45.9 Å². The Balaban J connectivity index is 1.79. The SMILES string of the molecule is COc1cc2oc(S(=O)(=O)NCP(=O)(O)Oc3ccc(C#N)c(C(F)(F)F)c3)cc2cc1C. The number of hydrogen-bond donors (Lipinski definition) is 2. The van der Waals surface area contributed by atoms with Crippen molar-refractivity contribution >= 4 is 28.6 Å². The predicted octanol–water partition coefficient (Wildman–Crippen LogP) is 4.14. The van der Waals surface area contributed by atoms with Crippen molar-refractivity contribution in [3.05, 3.63) is 53.1 Å². The minimum atomic E-state index is -4.91. The highest BCUT2D eigenvalue weighted by molar-refractivity contribution is 7.89. The smallest absolute Gasteiger partial charge is 0.417 e. The van der Waals surface area contributed by atoms with E-state index in [0.29, 0.717) is 17.2 Å². The van der Waals surface area contributed by atoms with Crippen LogP contribution >= 0.6 is 7.60 Å². The maximum absolute atomic E-state index is 13.1. The third kappa shape index (κ3) is 5.48. The number of halogens is 3. The van der Waals surface area contributed by atoms with Gasteiger partial charge in [-0.1, -0.05) is 0 Å². The highest BCUT2D eigenvalue weighted by atomic mass is 32.2. The number of hydrogen-bond acceptors (Lipinski definition) is 7. The van der Waals surface area contributed by atoms with Crippen molar-refractivity contribution in [1.82, 2.24) is 4.72 Å². The lowest BCUT2D eigenvalue weighted by Crippen LogP contribution is -2.25. The fourth-order valence-corrected chi connectivity index (χ4v) is 5.32. The first-order valence-corrected chi connectivity index (χ1v) is 12.2. The van der Waals surface area contributed by atoms with Crippen molar-refractivity contribution in [3.8, 4) is 17.6 Å². The normalized spacial score (nSPS) is 14.0. The van der Waals surface area contributed by atoms with Gasteiger partial charge >= 0.3 is 13.8 Å². The van der Waals surface area contributed by atoms with Crippen LogP contribution in [0.2, 0.25) is 0 Å². The number of sulfonamides is 1. The lowest BCUT2D eigenvalue weighted by molar-refractivity contribution is -0.137. The van der Waals surface area contributed by atoms with Crippen molar-refractivity contribution in [1.29, 1.82) is 5.26 Å². The van der Waals surface area contributed by atoms with Crippen molar-refractivity contribution in [2.24, 2.45) is 0 Å². The molecule has 0 aliphatic rings. The summed E-state index contributed by atoms with van der Waals surface area (Å²) in [6.07, 6.45) is -6.07. The summed E-state index contributed by atoms with van der Waals surface area (Å²) >= 11 is 0. The number of nitriles is 1. The topological polar surface area (TPSA) is 139 Å². The van der Waals surface area contributed by atoms with E-state index in [-0.39, 0.29) is 5.58 Å². The first-order chi connectivity index (χ1) is 15.3. The molecule has 1 aromatic heterocycles. The molecular weight excluding hydrogens is 488 g/mol. The average Bonchev–Trinajstić information content (AvgIpc) is 3.14. The van der Waals surface area contributed by atoms with Gasteiger partial charge < -0.3 is 18.6 Å². The molecule has 0 bridgehead atoms. The Hall–Kier alpha value is -3.04. The molecule has 0 radical (unpaired) electrons. The number of alkyl halides is 3. The van der Waals surface area contributed by atoms with Gasteiger partial charge in [0.1, 0.15) is 23.4 Å². The Morgan fingerprint density at radius 3 is 2.55 bits per heavy atom. The molecular formula is C19H16F3N2O7PS. The molecule has 9 nitrogen and oxygen atoms in total. The zero-order chi connectivity index (χ0) is 24.6. The zero-order valence-electron chi connectivity index (χ0n) is 17.0. The number of ether oxygens (including phenoxy) is 1. The molecule has 0 amide bonds. The highest BCUT2D eigenvalue weighted by Crippen LogP contribution is 2.44. The first kappa shape index (κ1) is 24.6. The van der Waals surface area contributed by atoms with E-state index in [4.69, 9.17) is 18.9 Å². The zero-order valence-corrected chi connectivity index (χ0v) is 18.7. The van der Waals surface area contributed by atoms with Gasteiger partial charge in [-0.25, -0.2) is 13.0 Å². The molecule has 0 spiro atoms. The molecule has 1 unspecified atom stereocenters. The molecule has 176 valence electrons. The van der Waals surface area contributed by atoms with Gasteiger partial charge in [-0.2, -0.15) is 23.2 Å². The largest absolute Gasteiger partial charge is 0.496 e. The number of aryl methyl sites for hydroxylation is 1. The molecule has 1 heterocycles. The maximum Gasteiger partial charge on any atom is 0.417 e. The molecule has 0 aliphatic carbocycles. The third-order valence-electron chi connectivity index (χ3n) is 4.40. The summed E-state index contributed by atoms with van der Waals surface area (Å²) < 4.78 is 93.4. The van der Waals surface area contributed by atoms with Gasteiger partial charge in [0.05, 0.1) is 24.3 Å². The number of fused-ring (bicyclic) bond motifs is 1. The molecule has 3 aromatic rings. The second-order valence-corrected chi connectivity index (χ2v) is 10.2. The lowest BCUT2D eigenvalue weighted by atomic mass is 10.1. The number of benzene rings is 2. The molecule has 0 fully saturated rings. The minimum absolute atomic E-state index is 0.193. The Kier molecular flexibility index (Phi) is 6.50. The molecule has 1 atom stereocenters. The van der Waals surface area contributed by atoms with Crippen molar-refractivity contribution in [3.63, 3.8) is 0 Å². The third-order valence-corrected chi connectivity index (χ3v) is 6.92. The second kappa shape index (κ2) is 8.72. The molecule has 0 saturated carbocycles. The van der Waals surface area contributed by atoms with E-state index in [1.165, 1.54) is 25.3 Å². The van der Waals surface area contributed by atoms with Gasteiger partial charge in [-0.3, -0.25) is 0 Å². The van der Waals surface area contributed by atoms with E-state index in [2.05, 4.69) is 0 Å². The van der Waals surface area contributed by atoms with Crippen LogP contribution in [-0.2, 0) is 20.8 Å². The summed E-state index contributed by atoms with van der Waals surface area (Å²) in [5.41, 5.74) is -1.16. The van der Waals surface area contributed by atoms with Gasteiger partial charge in [-0.15, -0.1) is 0 Å². The summed E-state index contributed by atoms with van der Waals surface area (Å²) in [5.74, 6) is -0.208. The number of nitrogens with one attached hydrogen (secondary N) is 1. The molecule has 2 N–H and O–H groups in total. The van der Waals surface area contributed by atoms with Crippen LogP contribution in [0.4, 0.5) is 13.2 Å². The predicted molar refractivity (Wildman–Crippen MR) is 109 cm³/mol. The van der Waals surface area contributed by atoms with Crippen molar-refractivity contribution in [2.45, 2.75) is 18.2 Å². The highest BCUT2D eigenvalue weighted by Gasteiger charge is 2.35. The molecule has 14 heteroatoms. The van der Waals surface area contributed by atoms with Gasteiger partial charge in [0.25, 0.3) is 10.0 Å². The monoisotopic (exact) mass is 504 g/mol. The Morgan fingerprint density at radius 1 is 1.24 bits per heavy atom. The van der Waals surface area contributed by atoms with Crippen LogP contribution in [0.5, 0.6) is 11.5 Å². The van der Waals surface area contributed by atoms with E-state index in [1.54, 1.807) is 13.0 Å². The molecule has 0 saturated heterocycles. The summed E-state index contributed by atoms with van der Waals surface area (Å²) in [6, 6.07) is 7.70. The number of furan rings is 1. The van der Waals surface area contributed by atoms with Crippen LogP contribution in [-0.4, -0.2) is 26.7 Å². The second-order valence-electron chi connectivity index (χ2n) is 6.78. The van der Waals surface area contributed by atoms with Crippen molar-refractivity contribution in [2.75, 3.05) is 13.4 Å². The van der Waals surface area contributed by atoms with Gasteiger partial charge in [0, 0.05) is 17.5 Å². The Morgan fingerprint density at radius 2 is 1.94 bits per heavy atom. The molecule has 0 aliphatic heterocycles. The molecule has 2 aromatic carbocycles. The summed E-state index contributed by atoms with van der Waals surface area (Å²) in [4.78, 5) is 9.96. The standard InChI is InChI=1S/C19H16F3N2O7PS/c1-11-5-13-6-18(30-17(13)8-16(11)29-2)33(27,28)24-10-32(25,26)31-14-4-3-12(9-23)15(7-14)19(20,21)22/h3-8,24H,10H2,1-2H3,(H,25,26). The number of methoxy groups -OCH3 is 1. The van der Waals surface area contributed by atoms with Crippen LogP contribution in [0, 0.1) is 18.3 Å². The van der Waals surface area contributed by atoms with Crippen LogP contribution in [0.25, 0.3) is 11.0 Å². The fraction of sp³-hybridized carbons (Fsp3) is 0.211.